The molecule has 152 valence electrons. The zero-order chi connectivity index (χ0) is 20.2. The Bertz CT molecular complexity index is 1110. The minimum Gasteiger partial charge on any atom is -0.487 e. The van der Waals surface area contributed by atoms with Crippen molar-refractivity contribution in [2.24, 2.45) is 0 Å². The number of nitrogens with one attached hydrogen (secondary N) is 1. The first-order chi connectivity index (χ1) is 14.8. The van der Waals surface area contributed by atoms with Crippen LogP contribution in [0.3, 0.4) is 0 Å². The molecule has 0 radical (unpaired) electrons. The summed E-state index contributed by atoms with van der Waals surface area (Å²) in [6, 6.07) is 20.3. The van der Waals surface area contributed by atoms with Crippen LogP contribution in [0.5, 0.6) is 17.2 Å². The average Bonchev–Trinajstić information content (AvgIpc) is 3.42. The Balaban J connectivity index is 1.07. The fraction of sp³-hybridized carbons (Fsp3) is 0.208. The van der Waals surface area contributed by atoms with Gasteiger partial charge in [-0.05, 0) is 60.5 Å². The molecule has 0 atom stereocenters. The van der Waals surface area contributed by atoms with Crippen molar-refractivity contribution in [1.29, 1.82) is 0 Å². The highest BCUT2D eigenvalue weighted by Gasteiger charge is 2.12. The van der Waals surface area contributed by atoms with E-state index in [1.807, 2.05) is 53.2 Å². The van der Waals surface area contributed by atoms with Crippen LogP contribution in [0, 0.1) is 0 Å². The van der Waals surface area contributed by atoms with Gasteiger partial charge in [0.25, 0.3) is 0 Å². The van der Waals surface area contributed by atoms with Crippen molar-refractivity contribution in [1.82, 2.24) is 14.7 Å². The van der Waals surface area contributed by atoms with E-state index < -0.39 is 0 Å². The summed E-state index contributed by atoms with van der Waals surface area (Å²) in [5.74, 6) is 2.51. The van der Waals surface area contributed by atoms with Gasteiger partial charge in [-0.15, -0.1) is 0 Å². The monoisotopic (exact) mass is 401 g/mol. The minimum absolute atomic E-state index is 0.315. The molecule has 6 heteroatoms. The molecule has 1 N–H and O–H groups in total. The summed E-state index contributed by atoms with van der Waals surface area (Å²) in [7, 11) is 0. The largest absolute Gasteiger partial charge is 0.487 e. The Hall–Kier alpha value is -3.51. The van der Waals surface area contributed by atoms with E-state index >= 15 is 0 Å². The summed E-state index contributed by atoms with van der Waals surface area (Å²) >= 11 is 0. The van der Waals surface area contributed by atoms with E-state index in [1.165, 1.54) is 11.1 Å². The van der Waals surface area contributed by atoms with Crippen LogP contribution in [0.4, 0.5) is 0 Å². The summed E-state index contributed by atoms with van der Waals surface area (Å²) in [4.78, 5) is 4.55. The Morgan fingerprint density at radius 2 is 1.83 bits per heavy atom. The number of imidazole rings is 1. The van der Waals surface area contributed by atoms with Crippen molar-refractivity contribution in [3.63, 3.8) is 0 Å². The zero-order valence-corrected chi connectivity index (χ0v) is 16.6. The number of rotatable bonds is 8. The third kappa shape index (κ3) is 4.23. The highest BCUT2D eigenvalue weighted by Crippen LogP contribution is 2.32. The van der Waals surface area contributed by atoms with E-state index in [0.29, 0.717) is 13.4 Å². The van der Waals surface area contributed by atoms with Crippen LogP contribution in [0.25, 0.3) is 5.65 Å². The number of hydrogen-bond acceptors (Lipinski definition) is 5. The van der Waals surface area contributed by atoms with Gasteiger partial charge >= 0.3 is 0 Å². The first-order valence-corrected chi connectivity index (χ1v) is 10.1. The first-order valence-electron chi connectivity index (χ1n) is 10.1. The molecule has 0 unspecified atom stereocenters. The molecule has 0 saturated carbocycles. The molecule has 3 heterocycles. The number of hydrogen-bond donors (Lipinski definition) is 1. The SMILES string of the molecule is c1ccn2cc(COc3ccc(CNCCc4ccc5c(c4)OCO5)cc3)nc2c1. The predicted octanol–water partition coefficient (Wildman–Crippen LogP) is 3.97. The smallest absolute Gasteiger partial charge is 0.231 e. The van der Waals surface area contributed by atoms with Crippen LogP contribution in [0.15, 0.2) is 73.1 Å². The molecule has 2 aromatic heterocycles. The quantitative estimate of drug-likeness (QED) is 0.453. The number of aromatic nitrogens is 2. The van der Waals surface area contributed by atoms with Crippen molar-refractivity contribution < 1.29 is 14.2 Å². The maximum Gasteiger partial charge on any atom is 0.231 e. The van der Waals surface area contributed by atoms with E-state index in [2.05, 4.69) is 34.6 Å². The molecular formula is C24H23N3O3. The van der Waals surface area contributed by atoms with Crippen molar-refractivity contribution in [3.8, 4) is 17.2 Å². The molecule has 2 aromatic carbocycles. The highest BCUT2D eigenvalue weighted by molar-refractivity contribution is 5.44. The Labute approximate surface area is 175 Å². The minimum atomic E-state index is 0.315. The molecule has 0 amide bonds. The Morgan fingerprint density at radius 3 is 2.73 bits per heavy atom. The zero-order valence-electron chi connectivity index (χ0n) is 16.6. The fourth-order valence-corrected chi connectivity index (χ4v) is 3.48. The lowest BCUT2D eigenvalue weighted by molar-refractivity contribution is 0.174. The van der Waals surface area contributed by atoms with Crippen LogP contribution in [-0.2, 0) is 19.6 Å². The lowest BCUT2D eigenvalue weighted by atomic mass is 10.1. The molecule has 0 fully saturated rings. The lowest BCUT2D eigenvalue weighted by Crippen LogP contribution is -2.16. The molecule has 5 rings (SSSR count). The number of pyridine rings is 1. The number of ether oxygens (including phenoxy) is 3. The molecule has 6 nitrogen and oxygen atoms in total. The van der Waals surface area contributed by atoms with Gasteiger partial charge in [0.15, 0.2) is 11.5 Å². The third-order valence-corrected chi connectivity index (χ3v) is 5.08. The van der Waals surface area contributed by atoms with E-state index in [4.69, 9.17) is 14.2 Å². The number of nitrogens with zero attached hydrogens (tertiary/aromatic N) is 2. The van der Waals surface area contributed by atoms with Gasteiger partial charge in [-0.3, -0.25) is 0 Å². The van der Waals surface area contributed by atoms with Gasteiger partial charge in [0.1, 0.15) is 18.0 Å². The molecule has 0 aliphatic carbocycles. The number of benzene rings is 2. The van der Waals surface area contributed by atoms with Crippen molar-refractivity contribution in [2.45, 2.75) is 19.6 Å². The van der Waals surface area contributed by atoms with Crippen LogP contribution in [0.2, 0.25) is 0 Å². The normalized spacial score (nSPS) is 12.4. The van der Waals surface area contributed by atoms with Crippen molar-refractivity contribution >= 4 is 5.65 Å². The molecule has 1 aliphatic rings. The van der Waals surface area contributed by atoms with Gasteiger partial charge in [0.05, 0.1) is 5.69 Å². The van der Waals surface area contributed by atoms with Crippen LogP contribution in [0.1, 0.15) is 16.8 Å². The van der Waals surface area contributed by atoms with Gasteiger partial charge in [0, 0.05) is 18.9 Å². The topological polar surface area (TPSA) is 57.0 Å². The van der Waals surface area contributed by atoms with Crippen LogP contribution >= 0.6 is 0 Å². The highest BCUT2D eigenvalue weighted by atomic mass is 16.7. The molecule has 30 heavy (non-hydrogen) atoms. The maximum absolute atomic E-state index is 5.88. The second-order valence-corrected chi connectivity index (χ2v) is 7.25. The summed E-state index contributed by atoms with van der Waals surface area (Å²) in [5, 5.41) is 3.48. The van der Waals surface area contributed by atoms with Gasteiger partial charge in [0.2, 0.25) is 6.79 Å². The molecular weight excluding hydrogens is 378 g/mol. The van der Waals surface area contributed by atoms with E-state index in [1.54, 1.807) is 0 Å². The third-order valence-electron chi connectivity index (χ3n) is 5.08. The van der Waals surface area contributed by atoms with Gasteiger partial charge < -0.3 is 23.9 Å². The second kappa shape index (κ2) is 8.47. The summed E-state index contributed by atoms with van der Waals surface area (Å²) in [6.07, 6.45) is 4.92. The molecule has 0 bridgehead atoms. The standard InChI is InChI=1S/C24H23N3O3/c1-2-12-27-15-20(26-24(27)3-1)16-28-21-7-4-19(5-8-21)14-25-11-10-18-6-9-22-23(13-18)30-17-29-22/h1-9,12-13,15,25H,10-11,14,16-17H2. The van der Waals surface area contributed by atoms with Gasteiger partial charge in [-0.25, -0.2) is 4.98 Å². The Kier molecular flexibility index (Phi) is 5.23. The lowest BCUT2D eigenvalue weighted by Gasteiger charge is -2.08. The van der Waals surface area contributed by atoms with Crippen molar-refractivity contribution in [3.05, 3.63) is 89.9 Å². The molecule has 1 aliphatic heterocycles. The average molecular weight is 401 g/mol. The summed E-state index contributed by atoms with van der Waals surface area (Å²) < 4.78 is 18.7. The Morgan fingerprint density at radius 1 is 0.967 bits per heavy atom. The maximum atomic E-state index is 5.88. The van der Waals surface area contributed by atoms with Gasteiger partial charge in [-0.1, -0.05) is 24.3 Å². The number of fused-ring (bicyclic) bond motifs is 2. The fourth-order valence-electron chi connectivity index (χ4n) is 3.48. The van der Waals surface area contributed by atoms with E-state index in [0.717, 1.165) is 48.1 Å². The molecule has 0 spiro atoms. The molecule has 0 saturated heterocycles. The second-order valence-electron chi connectivity index (χ2n) is 7.25. The molecule has 4 aromatic rings. The van der Waals surface area contributed by atoms with Crippen LogP contribution in [-0.4, -0.2) is 22.7 Å². The van der Waals surface area contributed by atoms with Gasteiger partial charge in [-0.2, -0.15) is 0 Å². The summed E-state index contributed by atoms with van der Waals surface area (Å²) in [6.45, 7) is 2.48. The van der Waals surface area contributed by atoms with E-state index in [-0.39, 0.29) is 0 Å². The first kappa shape index (κ1) is 18.5. The van der Waals surface area contributed by atoms with Crippen molar-refractivity contribution in [2.75, 3.05) is 13.3 Å². The summed E-state index contributed by atoms with van der Waals surface area (Å²) in [5.41, 5.74) is 4.30. The predicted molar refractivity (Wildman–Crippen MR) is 114 cm³/mol. The van der Waals surface area contributed by atoms with E-state index in [9.17, 15) is 0 Å². The van der Waals surface area contributed by atoms with Crippen LogP contribution < -0.4 is 19.5 Å².